The highest BCUT2D eigenvalue weighted by atomic mass is 35.5. The van der Waals surface area contributed by atoms with Crippen molar-refractivity contribution in [2.75, 3.05) is 0 Å². The number of aromatic nitrogens is 1. The zero-order chi connectivity index (χ0) is 17.7. The normalized spacial score (nSPS) is 25.8. The van der Waals surface area contributed by atoms with Crippen LogP contribution in [0.1, 0.15) is 29.7 Å². The van der Waals surface area contributed by atoms with Crippen molar-refractivity contribution in [2.24, 2.45) is 0 Å². The molecule has 0 amide bonds. The zero-order valence-electron chi connectivity index (χ0n) is 12.8. The number of hydrogen-bond donors (Lipinski definition) is 2. The summed E-state index contributed by atoms with van der Waals surface area (Å²) in [7, 11) is -3.77. The summed E-state index contributed by atoms with van der Waals surface area (Å²) < 4.78 is 43.3. The Morgan fingerprint density at radius 3 is 2.62 bits per heavy atom. The maximum Gasteiger partial charge on any atom is 0.278 e. The molecule has 0 aliphatic carbocycles. The van der Waals surface area contributed by atoms with E-state index in [4.69, 9.17) is 23.2 Å². The first-order valence-corrected chi connectivity index (χ1v) is 9.25. The van der Waals surface area contributed by atoms with E-state index in [1.807, 2.05) is 0 Å². The number of nitrogens with zero attached hydrogens (tertiary/aromatic N) is 1. The van der Waals surface area contributed by atoms with Crippen LogP contribution in [0.15, 0.2) is 30.5 Å². The van der Waals surface area contributed by atoms with E-state index >= 15 is 0 Å². The molecule has 0 saturated carbocycles. The lowest BCUT2D eigenvalue weighted by Crippen LogP contribution is -2.39. The minimum Gasteiger partial charge on any atom is -0.244 e. The van der Waals surface area contributed by atoms with Crippen molar-refractivity contribution < 1.29 is 12.8 Å². The van der Waals surface area contributed by atoms with Gasteiger partial charge in [-0.25, -0.2) is 9.37 Å². The second-order valence-corrected chi connectivity index (χ2v) is 8.09. The van der Waals surface area contributed by atoms with Gasteiger partial charge in [-0.05, 0) is 48.7 Å². The molecule has 1 aliphatic heterocycles. The Morgan fingerprint density at radius 2 is 2.00 bits per heavy atom. The van der Waals surface area contributed by atoms with Crippen LogP contribution in [0.2, 0.25) is 10.2 Å². The van der Waals surface area contributed by atoms with Crippen LogP contribution in [0, 0.1) is 12.7 Å². The van der Waals surface area contributed by atoms with Crippen molar-refractivity contribution in [1.82, 2.24) is 14.4 Å². The maximum absolute atomic E-state index is 14.0. The average Bonchev–Trinajstić information content (AvgIpc) is 2.74. The molecular formula is C15H14Cl2FN3O2S. The van der Waals surface area contributed by atoms with Crippen LogP contribution in [-0.4, -0.2) is 13.4 Å². The van der Waals surface area contributed by atoms with Crippen molar-refractivity contribution >= 4 is 33.4 Å². The van der Waals surface area contributed by atoms with Gasteiger partial charge in [0.1, 0.15) is 11.0 Å². The average molecular weight is 390 g/mol. The first-order valence-electron chi connectivity index (χ1n) is 7.01. The molecule has 24 heavy (non-hydrogen) atoms. The van der Waals surface area contributed by atoms with Gasteiger partial charge in [-0.15, -0.1) is 0 Å². The van der Waals surface area contributed by atoms with Gasteiger partial charge in [0.05, 0.1) is 16.6 Å². The van der Waals surface area contributed by atoms with Crippen LogP contribution >= 0.6 is 23.2 Å². The molecule has 3 rings (SSSR count). The summed E-state index contributed by atoms with van der Waals surface area (Å²) in [6, 6.07) is 5.23. The van der Waals surface area contributed by atoms with E-state index in [1.54, 1.807) is 26.0 Å². The van der Waals surface area contributed by atoms with Gasteiger partial charge in [-0.2, -0.15) is 17.9 Å². The maximum atomic E-state index is 14.0. The highest BCUT2D eigenvalue weighted by molar-refractivity contribution is 7.87. The molecule has 1 aliphatic rings. The molecule has 1 aromatic carbocycles. The van der Waals surface area contributed by atoms with Crippen LogP contribution in [0.3, 0.4) is 0 Å². The molecule has 2 atom stereocenters. The standard InChI is InChI=1S/C15H14Cl2FN3O2S/c1-8-5-11(16)12(18)6-10(8)14-15(2,21-24(22,23)20-14)9-3-4-13(17)19-7-9/h3-7,14,20-21H,1-2H3/t14-,15+/m0/s1. The third-order valence-corrected chi connectivity index (χ3v) is 5.90. The van der Waals surface area contributed by atoms with Crippen LogP contribution in [0.4, 0.5) is 4.39 Å². The fourth-order valence-electron chi connectivity index (χ4n) is 2.90. The molecule has 0 unspecified atom stereocenters. The highest BCUT2D eigenvalue weighted by Crippen LogP contribution is 2.41. The van der Waals surface area contributed by atoms with Gasteiger partial charge in [0.2, 0.25) is 0 Å². The van der Waals surface area contributed by atoms with E-state index in [9.17, 15) is 12.8 Å². The fraction of sp³-hybridized carbons (Fsp3) is 0.267. The molecule has 128 valence electrons. The van der Waals surface area contributed by atoms with Gasteiger partial charge in [-0.3, -0.25) is 0 Å². The summed E-state index contributed by atoms with van der Waals surface area (Å²) in [4.78, 5) is 4.01. The molecule has 5 nitrogen and oxygen atoms in total. The molecule has 9 heteroatoms. The van der Waals surface area contributed by atoms with E-state index < -0.39 is 27.6 Å². The second-order valence-electron chi connectivity index (χ2n) is 5.85. The first-order chi connectivity index (χ1) is 11.1. The summed E-state index contributed by atoms with van der Waals surface area (Å²) in [5.41, 5.74) is 0.690. The Balaban J connectivity index is 2.17. The SMILES string of the molecule is Cc1cc(Cl)c(F)cc1[C@@H]1NS(=O)(=O)N[C@]1(C)c1ccc(Cl)nc1. The number of halogens is 3. The van der Waals surface area contributed by atoms with Gasteiger partial charge in [-0.1, -0.05) is 29.3 Å². The smallest absolute Gasteiger partial charge is 0.244 e. The van der Waals surface area contributed by atoms with Crippen molar-refractivity contribution in [2.45, 2.75) is 25.4 Å². The second kappa shape index (κ2) is 5.93. The number of aryl methyl sites for hydroxylation is 1. The lowest BCUT2D eigenvalue weighted by Gasteiger charge is -2.30. The third-order valence-electron chi connectivity index (χ3n) is 4.14. The summed E-state index contributed by atoms with van der Waals surface area (Å²) in [6.07, 6.45) is 1.49. The Bertz CT molecular complexity index is 906. The molecule has 2 N–H and O–H groups in total. The summed E-state index contributed by atoms with van der Waals surface area (Å²) in [5.74, 6) is -0.611. The molecule has 1 saturated heterocycles. The van der Waals surface area contributed by atoms with Gasteiger partial charge < -0.3 is 0 Å². The first kappa shape index (κ1) is 17.6. The molecule has 0 bridgehead atoms. The largest absolute Gasteiger partial charge is 0.278 e. The predicted octanol–water partition coefficient (Wildman–Crippen LogP) is 3.23. The van der Waals surface area contributed by atoms with Crippen molar-refractivity contribution in [3.8, 4) is 0 Å². The van der Waals surface area contributed by atoms with Crippen molar-refractivity contribution in [1.29, 1.82) is 0 Å². The number of benzene rings is 1. The van der Waals surface area contributed by atoms with E-state index in [2.05, 4.69) is 14.4 Å². The number of hydrogen-bond acceptors (Lipinski definition) is 3. The van der Waals surface area contributed by atoms with E-state index in [-0.39, 0.29) is 5.02 Å². The van der Waals surface area contributed by atoms with Crippen LogP contribution in [0.5, 0.6) is 0 Å². The Hall–Kier alpha value is -1.25. The van der Waals surface area contributed by atoms with E-state index in [0.717, 1.165) is 0 Å². The molecule has 1 aromatic heterocycles. The minimum absolute atomic E-state index is 0.0140. The molecule has 2 heterocycles. The third kappa shape index (κ3) is 3.02. The fourth-order valence-corrected chi connectivity index (χ4v) is 4.75. The molecular weight excluding hydrogens is 376 g/mol. The van der Waals surface area contributed by atoms with Crippen LogP contribution < -0.4 is 9.44 Å². The lowest BCUT2D eigenvalue weighted by molar-refractivity contribution is 0.375. The minimum atomic E-state index is -3.77. The number of pyridine rings is 1. The van der Waals surface area contributed by atoms with Gasteiger partial charge in [0.25, 0.3) is 10.2 Å². The number of nitrogens with one attached hydrogen (secondary N) is 2. The topological polar surface area (TPSA) is 71.1 Å². The van der Waals surface area contributed by atoms with E-state index in [0.29, 0.717) is 21.8 Å². The number of rotatable bonds is 2. The van der Waals surface area contributed by atoms with Crippen LogP contribution in [-0.2, 0) is 15.7 Å². The predicted molar refractivity (Wildman–Crippen MR) is 90.7 cm³/mol. The molecule has 0 spiro atoms. The summed E-state index contributed by atoms with van der Waals surface area (Å²) >= 11 is 11.6. The van der Waals surface area contributed by atoms with Crippen molar-refractivity contribution in [3.05, 3.63) is 63.1 Å². The highest BCUT2D eigenvalue weighted by Gasteiger charge is 2.49. The van der Waals surface area contributed by atoms with Crippen molar-refractivity contribution in [3.63, 3.8) is 0 Å². The Kier molecular flexibility index (Phi) is 4.34. The van der Waals surface area contributed by atoms with E-state index in [1.165, 1.54) is 18.3 Å². The Labute approximate surface area is 149 Å². The lowest BCUT2D eigenvalue weighted by atomic mass is 9.81. The summed E-state index contributed by atoms with van der Waals surface area (Å²) in [6.45, 7) is 3.44. The van der Waals surface area contributed by atoms with Gasteiger partial charge in [0.15, 0.2) is 0 Å². The summed E-state index contributed by atoms with van der Waals surface area (Å²) in [5, 5.41) is 0.279. The van der Waals surface area contributed by atoms with Crippen LogP contribution in [0.25, 0.3) is 0 Å². The molecule has 1 fully saturated rings. The monoisotopic (exact) mass is 389 g/mol. The van der Waals surface area contributed by atoms with Gasteiger partial charge >= 0.3 is 0 Å². The quantitative estimate of drug-likeness (QED) is 0.774. The Morgan fingerprint density at radius 1 is 1.29 bits per heavy atom. The van der Waals surface area contributed by atoms with Gasteiger partial charge in [0, 0.05) is 6.20 Å². The molecule has 0 radical (unpaired) electrons. The molecule has 2 aromatic rings. The zero-order valence-corrected chi connectivity index (χ0v) is 15.1.